The second-order valence-corrected chi connectivity index (χ2v) is 8.31. The highest BCUT2D eigenvalue weighted by atomic mass is 32.2. The van der Waals surface area contributed by atoms with E-state index in [9.17, 15) is 0 Å². The zero-order chi connectivity index (χ0) is 16.6. The summed E-state index contributed by atoms with van der Waals surface area (Å²) in [6.45, 7) is 1.04. The van der Waals surface area contributed by atoms with Gasteiger partial charge in [0.1, 0.15) is 6.17 Å². The Bertz CT molecular complexity index is 778. The third-order valence-corrected chi connectivity index (χ3v) is 6.88. The Morgan fingerprint density at radius 2 is 1.84 bits per heavy atom. The fourth-order valence-electron chi connectivity index (χ4n) is 4.24. The summed E-state index contributed by atoms with van der Waals surface area (Å²) in [5.74, 6) is 0. The minimum Gasteiger partial charge on any atom is -0.383 e. The molecule has 3 aliphatic heterocycles. The van der Waals surface area contributed by atoms with Crippen molar-refractivity contribution in [3.8, 4) is 0 Å². The van der Waals surface area contributed by atoms with E-state index in [0.29, 0.717) is 17.5 Å². The molecule has 0 fully saturated rings. The van der Waals surface area contributed by atoms with E-state index in [1.165, 1.54) is 34.7 Å². The normalized spacial score (nSPS) is 27.2. The average molecular weight is 350 g/mol. The summed E-state index contributed by atoms with van der Waals surface area (Å²) in [5, 5.41) is 7.96. The van der Waals surface area contributed by atoms with Crippen molar-refractivity contribution in [1.29, 1.82) is 0 Å². The molecular weight excluding hydrogens is 326 g/mol. The molecule has 2 aromatic rings. The highest BCUT2D eigenvalue weighted by molar-refractivity contribution is 8.00. The lowest BCUT2D eigenvalue weighted by atomic mass is 10.0. The van der Waals surface area contributed by atoms with Crippen molar-refractivity contribution in [1.82, 2.24) is 4.90 Å². The molecule has 0 spiro atoms. The molecule has 25 heavy (non-hydrogen) atoms. The summed E-state index contributed by atoms with van der Waals surface area (Å²) in [6, 6.07) is 18.0. The molecule has 4 heteroatoms. The van der Waals surface area contributed by atoms with Gasteiger partial charge in [0.25, 0.3) is 0 Å². The summed E-state index contributed by atoms with van der Waals surface area (Å²) < 4.78 is 0. The molecule has 3 nitrogen and oxygen atoms in total. The lowest BCUT2D eigenvalue weighted by Crippen LogP contribution is -2.51. The van der Waals surface area contributed by atoms with Crippen molar-refractivity contribution in [2.24, 2.45) is 0 Å². The van der Waals surface area contributed by atoms with Crippen LogP contribution in [0, 0.1) is 0 Å². The molecule has 2 N–H and O–H groups in total. The van der Waals surface area contributed by atoms with Crippen LogP contribution in [-0.2, 0) is 6.42 Å². The zero-order valence-electron chi connectivity index (χ0n) is 14.2. The minimum absolute atomic E-state index is 0.372. The number of allylic oxidation sites excluding steroid dienone is 1. The van der Waals surface area contributed by atoms with Gasteiger partial charge in [0.05, 0.1) is 0 Å². The largest absolute Gasteiger partial charge is 0.383 e. The third-order valence-electron chi connectivity index (χ3n) is 5.49. The molecule has 0 aliphatic carbocycles. The first-order valence-corrected chi connectivity index (χ1v) is 10.0. The van der Waals surface area contributed by atoms with Gasteiger partial charge in [0.2, 0.25) is 0 Å². The maximum absolute atomic E-state index is 3.74. The number of nitrogens with zero attached hydrogens (tertiary/aromatic N) is 1. The van der Waals surface area contributed by atoms with Crippen molar-refractivity contribution in [3.05, 3.63) is 66.4 Å². The summed E-state index contributed by atoms with van der Waals surface area (Å²) in [4.78, 5) is 3.97. The topological polar surface area (TPSA) is 27.3 Å². The Balaban J connectivity index is 1.37. The van der Waals surface area contributed by atoms with E-state index >= 15 is 0 Å². The summed E-state index contributed by atoms with van der Waals surface area (Å²) >= 11 is 2.04. The number of thioether (sulfide) groups is 1. The van der Waals surface area contributed by atoms with Gasteiger partial charge >= 0.3 is 0 Å². The van der Waals surface area contributed by atoms with Crippen molar-refractivity contribution in [2.45, 2.75) is 41.6 Å². The Kier molecular flexibility index (Phi) is 3.86. The second-order valence-electron chi connectivity index (χ2n) is 7.03. The summed E-state index contributed by atoms with van der Waals surface area (Å²) in [5.41, 5.74) is 4.02. The van der Waals surface area contributed by atoms with E-state index in [4.69, 9.17) is 0 Å². The van der Waals surface area contributed by atoms with Gasteiger partial charge in [-0.05, 0) is 42.8 Å². The Morgan fingerprint density at radius 1 is 1.00 bits per heavy atom. The number of nitrogens with one attached hydrogen (secondary N) is 2. The Morgan fingerprint density at radius 3 is 2.76 bits per heavy atom. The van der Waals surface area contributed by atoms with Crippen molar-refractivity contribution >= 4 is 23.1 Å². The van der Waals surface area contributed by atoms with E-state index in [2.05, 4.69) is 76.3 Å². The van der Waals surface area contributed by atoms with Gasteiger partial charge in [-0.15, -0.1) is 11.8 Å². The van der Waals surface area contributed by atoms with Crippen molar-refractivity contribution in [2.75, 3.05) is 17.2 Å². The molecule has 128 valence electrons. The monoisotopic (exact) mass is 349 g/mol. The molecule has 3 heterocycles. The molecule has 3 unspecified atom stereocenters. The minimum atomic E-state index is 0.372. The number of anilines is 2. The van der Waals surface area contributed by atoms with Gasteiger partial charge in [-0.25, -0.2) is 0 Å². The Hall–Kier alpha value is -2.07. The zero-order valence-corrected chi connectivity index (χ0v) is 15.0. The van der Waals surface area contributed by atoms with Crippen molar-refractivity contribution < 1.29 is 0 Å². The first kappa shape index (κ1) is 15.2. The maximum atomic E-state index is 3.74. The Labute approximate surface area is 153 Å². The lowest BCUT2D eigenvalue weighted by molar-refractivity contribution is 0.201. The van der Waals surface area contributed by atoms with Crippen LogP contribution < -0.4 is 10.6 Å². The fraction of sp³-hybridized carbons (Fsp3) is 0.333. The molecule has 0 bridgehead atoms. The van der Waals surface area contributed by atoms with Gasteiger partial charge in [-0.1, -0.05) is 36.4 Å². The maximum Gasteiger partial charge on any atom is 0.103 e. The molecule has 0 saturated carbocycles. The number of para-hydroxylation sites is 2. The highest BCUT2D eigenvalue weighted by Gasteiger charge is 2.36. The van der Waals surface area contributed by atoms with Crippen LogP contribution in [0.3, 0.4) is 0 Å². The van der Waals surface area contributed by atoms with Crippen LogP contribution in [0.1, 0.15) is 18.4 Å². The number of fused-ring (bicyclic) bond motifs is 2. The van der Waals surface area contributed by atoms with Crippen LogP contribution in [-0.4, -0.2) is 28.9 Å². The smallest absolute Gasteiger partial charge is 0.103 e. The highest BCUT2D eigenvalue weighted by Crippen LogP contribution is 2.40. The molecule has 3 aliphatic rings. The number of rotatable bonds is 2. The van der Waals surface area contributed by atoms with E-state index in [0.717, 1.165) is 13.0 Å². The van der Waals surface area contributed by atoms with Crippen LogP contribution in [0.15, 0.2) is 65.7 Å². The van der Waals surface area contributed by atoms with Crippen LogP contribution in [0.4, 0.5) is 11.4 Å². The first-order chi connectivity index (χ1) is 12.4. The lowest BCUT2D eigenvalue weighted by Gasteiger charge is -2.43. The molecule has 0 amide bonds. The van der Waals surface area contributed by atoms with Gasteiger partial charge in [0.15, 0.2) is 0 Å². The molecule has 3 atom stereocenters. The molecule has 0 saturated heterocycles. The van der Waals surface area contributed by atoms with E-state index in [1.54, 1.807) is 0 Å². The predicted molar refractivity (Wildman–Crippen MR) is 106 cm³/mol. The SMILES string of the molecule is C1=CN(C2Cc3ccccc3N2)C(C2CNc3ccccc3S2)CC1. The van der Waals surface area contributed by atoms with Gasteiger partial charge < -0.3 is 15.5 Å². The summed E-state index contributed by atoms with van der Waals surface area (Å²) in [7, 11) is 0. The summed E-state index contributed by atoms with van der Waals surface area (Å²) in [6.07, 6.45) is 8.52. The molecular formula is C21H23N3S. The van der Waals surface area contributed by atoms with Crippen LogP contribution >= 0.6 is 11.8 Å². The van der Waals surface area contributed by atoms with Crippen LogP contribution in [0.5, 0.6) is 0 Å². The van der Waals surface area contributed by atoms with E-state index < -0.39 is 0 Å². The van der Waals surface area contributed by atoms with Gasteiger partial charge in [-0.3, -0.25) is 0 Å². The van der Waals surface area contributed by atoms with Crippen molar-refractivity contribution in [3.63, 3.8) is 0 Å². The third kappa shape index (κ3) is 2.78. The standard InChI is InChI=1S/C21H23N3S/c1-2-8-16-15(7-1)13-21(23-16)24-12-6-5-10-18(24)20-14-22-17-9-3-4-11-19(17)25-20/h1-4,6-9,11-12,18,20-23H,5,10,13-14H2. The molecule has 5 rings (SSSR count). The molecule has 0 radical (unpaired) electrons. The van der Waals surface area contributed by atoms with Crippen LogP contribution in [0.2, 0.25) is 0 Å². The predicted octanol–water partition coefficient (Wildman–Crippen LogP) is 4.55. The second kappa shape index (κ2) is 6.34. The average Bonchev–Trinajstić information content (AvgIpc) is 3.12. The van der Waals surface area contributed by atoms with E-state index in [1.807, 2.05) is 11.8 Å². The first-order valence-electron chi connectivity index (χ1n) is 9.16. The number of hydrogen-bond donors (Lipinski definition) is 2. The van der Waals surface area contributed by atoms with E-state index in [-0.39, 0.29) is 0 Å². The number of hydrogen-bond acceptors (Lipinski definition) is 4. The molecule has 0 aromatic heterocycles. The van der Waals surface area contributed by atoms with Gasteiger partial charge in [-0.2, -0.15) is 0 Å². The fourth-order valence-corrected chi connectivity index (χ4v) is 5.59. The van der Waals surface area contributed by atoms with Gasteiger partial charge in [0, 0.05) is 40.5 Å². The van der Waals surface area contributed by atoms with Crippen LogP contribution in [0.25, 0.3) is 0 Å². The number of benzene rings is 2. The quantitative estimate of drug-likeness (QED) is 0.832. The molecule has 2 aromatic carbocycles.